The van der Waals surface area contributed by atoms with Crippen LogP contribution in [0.1, 0.15) is 28.9 Å². The van der Waals surface area contributed by atoms with Crippen molar-refractivity contribution in [3.05, 3.63) is 71.3 Å². The molecule has 1 amide bonds. The number of aryl methyl sites for hydroxylation is 1. The minimum atomic E-state index is -0.340. The standard InChI is InChI=1S/C20H20ClFN4O2.2ClH/c21-16-4-3-5-18(11-16)28-14-15-6-8-23-19(10-15)20(27)25-17-12-24-26(13-17)9-2-1-7-22;;/h3-6,8,10-13H,1-2,7,9,14H2,(H,25,27);2*1H. The monoisotopic (exact) mass is 474 g/mol. The van der Waals surface area contributed by atoms with E-state index < -0.39 is 0 Å². The van der Waals surface area contributed by atoms with E-state index in [0.717, 1.165) is 5.56 Å². The molecule has 30 heavy (non-hydrogen) atoms. The summed E-state index contributed by atoms with van der Waals surface area (Å²) in [6.07, 6.45) is 6.02. The van der Waals surface area contributed by atoms with Gasteiger partial charge in [-0.3, -0.25) is 18.9 Å². The van der Waals surface area contributed by atoms with Gasteiger partial charge in [-0.1, -0.05) is 17.7 Å². The van der Waals surface area contributed by atoms with E-state index in [0.29, 0.717) is 35.8 Å². The zero-order chi connectivity index (χ0) is 19.8. The molecule has 0 atom stereocenters. The minimum absolute atomic E-state index is 0. The van der Waals surface area contributed by atoms with Crippen LogP contribution in [0, 0.1) is 0 Å². The van der Waals surface area contributed by atoms with Crippen LogP contribution in [0.4, 0.5) is 10.1 Å². The quantitative estimate of drug-likeness (QED) is 0.423. The summed E-state index contributed by atoms with van der Waals surface area (Å²) in [5.74, 6) is 0.309. The first-order valence-electron chi connectivity index (χ1n) is 8.87. The zero-order valence-electron chi connectivity index (χ0n) is 16.0. The molecular weight excluding hydrogens is 454 g/mol. The maximum atomic E-state index is 12.4. The Hall–Kier alpha value is -2.35. The highest BCUT2D eigenvalue weighted by Gasteiger charge is 2.10. The van der Waals surface area contributed by atoms with E-state index >= 15 is 0 Å². The third kappa shape index (κ3) is 7.82. The first-order valence-corrected chi connectivity index (χ1v) is 9.25. The largest absolute Gasteiger partial charge is 0.489 e. The average Bonchev–Trinajstić information content (AvgIpc) is 3.14. The number of nitrogens with zero attached hydrogens (tertiary/aromatic N) is 3. The highest BCUT2D eigenvalue weighted by molar-refractivity contribution is 6.30. The van der Waals surface area contributed by atoms with Crippen molar-refractivity contribution in [1.82, 2.24) is 14.8 Å². The summed E-state index contributed by atoms with van der Waals surface area (Å²) < 4.78 is 19.5. The molecule has 3 aromatic rings. The molecule has 0 bridgehead atoms. The third-order valence-electron chi connectivity index (χ3n) is 3.92. The maximum absolute atomic E-state index is 12.4. The smallest absolute Gasteiger partial charge is 0.274 e. The van der Waals surface area contributed by atoms with Gasteiger partial charge in [0.2, 0.25) is 0 Å². The molecule has 162 valence electrons. The number of ether oxygens (including phenoxy) is 1. The third-order valence-corrected chi connectivity index (χ3v) is 4.16. The molecule has 0 fully saturated rings. The summed E-state index contributed by atoms with van der Waals surface area (Å²) in [4.78, 5) is 16.6. The van der Waals surface area contributed by atoms with Gasteiger partial charge in [-0.15, -0.1) is 24.8 Å². The topological polar surface area (TPSA) is 69.0 Å². The van der Waals surface area contributed by atoms with Crippen LogP contribution in [0.25, 0.3) is 0 Å². The number of nitrogens with one attached hydrogen (secondary N) is 1. The second-order valence-electron chi connectivity index (χ2n) is 6.14. The fourth-order valence-electron chi connectivity index (χ4n) is 2.53. The fourth-order valence-corrected chi connectivity index (χ4v) is 2.71. The van der Waals surface area contributed by atoms with Crippen LogP contribution in [-0.2, 0) is 13.2 Å². The number of anilines is 1. The van der Waals surface area contributed by atoms with Gasteiger partial charge in [-0.25, -0.2) is 0 Å². The second-order valence-corrected chi connectivity index (χ2v) is 6.57. The van der Waals surface area contributed by atoms with E-state index in [-0.39, 0.29) is 49.7 Å². The predicted molar refractivity (Wildman–Crippen MR) is 120 cm³/mol. The number of pyridine rings is 1. The summed E-state index contributed by atoms with van der Waals surface area (Å²) in [6.45, 7) is 0.553. The maximum Gasteiger partial charge on any atom is 0.274 e. The number of hydrogen-bond donors (Lipinski definition) is 1. The number of benzene rings is 1. The van der Waals surface area contributed by atoms with E-state index in [1.807, 2.05) is 6.07 Å². The molecule has 0 saturated heterocycles. The summed E-state index contributed by atoms with van der Waals surface area (Å²) in [6, 6.07) is 10.6. The van der Waals surface area contributed by atoms with E-state index in [9.17, 15) is 9.18 Å². The lowest BCUT2D eigenvalue weighted by Crippen LogP contribution is -2.14. The summed E-state index contributed by atoms with van der Waals surface area (Å²) in [7, 11) is 0. The molecule has 3 rings (SSSR count). The van der Waals surface area contributed by atoms with Gasteiger partial charge in [0, 0.05) is 24.0 Å². The van der Waals surface area contributed by atoms with Crippen LogP contribution >= 0.6 is 36.4 Å². The predicted octanol–water partition coefficient (Wildman–Crippen LogP) is 5.36. The molecule has 0 aliphatic carbocycles. The molecule has 1 aromatic carbocycles. The van der Waals surface area contributed by atoms with Gasteiger partial charge in [0.15, 0.2) is 0 Å². The molecule has 2 aromatic heterocycles. The minimum Gasteiger partial charge on any atom is -0.489 e. The van der Waals surface area contributed by atoms with Crippen molar-refractivity contribution in [2.75, 3.05) is 12.0 Å². The van der Waals surface area contributed by atoms with Crippen LogP contribution in [-0.4, -0.2) is 27.3 Å². The van der Waals surface area contributed by atoms with Gasteiger partial charge >= 0.3 is 0 Å². The van der Waals surface area contributed by atoms with Gasteiger partial charge in [-0.05, 0) is 48.7 Å². The first-order chi connectivity index (χ1) is 13.6. The first kappa shape index (κ1) is 25.7. The van der Waals surface area contributed by atoms with Crippen LogP contribution < -0.4 is 10.1 Å². The SMILES string of the molecule is Cl.Cl.O=C(Nc1cnn(CCCCF)c1)c1cc(COc2cccc(Cl)c2)ccn1. The number of halogens is 4. The van der Waals surface area contributed by atoms with Gasteiger partial charge in [0.1, 0.15) is 18.1 Å². The fraction of sp³-hybridized carbons (Fsp3) is 0.250. The molecule has 10 heteroatoms. The van der Waals surface area contributed by atoms with Crippen molar-refractivity contribution < 1.29 is 13.9 Å². The lowest BCUT2D eigenvalue weighted by atomic mass is 10.2. The van der Waals surface area contributed by atoms with Gasteiger partial charge in [-0.2, -0.15) is 5.10 Å². The Balaban J connectivity index is 0.00000225. The Bertz CT molecular complexity index is 940. The van der Waals surface area contributed by atoms with Crippen LogP contribution in [0.15, 0.2) is 55.0 Å². The van der Waals surface area contributed by atoms with Gasteiger partial charge in [0.25, 0.3) is 5.91 Å². The zero-order valence-corrected chi connectivity index (χ0v) is 18.4. The number of hydrogen-bond acceptors (Lipinski definition) is 4. The molecule has 2 heterocycles. The Morgan fingerprint density at radius 1 is 1.20 bits per heavy atom. The Kier molecular flexibility index (Phi) is 11.2. The number of carbonyl (C=O) groups excluding carboxylic acids is 1. The van der Waals surface area contributed by atoms with Crippen molar-refractivity contribution in [3.8, 4) is 5.75 Å². The number of aromatic nitrogens is 3. The Morgan fingerprint density at radius 2 is 2.03 bits per heavy atom. The van der Waals surface area contributed by atoms with Gasteiger partial charge < -0.3 is 10.1 Å². The number of unbranched alkanes of at least 4 members (excludes halogenated alkanes) is 1. The van der Waals surface area contributed by atoms with Crippen molar-refractivity contribution in [2.45, 2.75) is 26.0 Å². The molecule has 0 spiro atoms. The van der Waals surface area contributed by atoms with Crippen molar-refractivity contribution in [1.29, 1.82) is 0 Å². The summed E-state index contributed by atoms with van der Waals surface area (Å²) in [5.41, 5.74) is 1.65. The number of rotatable bonds is 9. The highest BCUT2D eigenvalue weighted by Crippen LogP contribution is 2.18. The van der Waals surface area contributed by atoms with Crippen molar-refractivity contribution in [3.63, 3.8) is 0 Å². The van der Waals surface area contributed by atoms with E-state index in [1.54, 1.807) is 53.6 Å². The number of carbonyl (C=O) groups is 1. The van der Waals surface area contributed by atoms with E-state index in [2.05, 4.69) is 15.4 Å². The molecule has 0 aliphatic rings. The second kappa shape index (κ2) is 13.1. The van der Waals surface area contributed by atoms with Crippen LogP contribution in [0.2, 0.25) is 5.02 Å². The molecule has 0 radical (unpaired) electrons. The molecule has 1 N–H and O–H groups in total. The van der Waals surface area contributed by atoms with Gasteiger partial charge in [0.05, 0.1) is 18.6 Å². The lowest BCUT2D eigenvalue weighted by molar-refractivity contribution is 0.102. The van der Waals surface area contributed by atoms with Crippen molar-refractivity contribution in [2.24, 2.45) is 0 Å². The van der Waals surface area contributed by atoms with E-state index in [1.165, 1.54) is 0 Å². The molecule has 0 unspecified atom stereocenters. The van der Waals surface area contributed by atoms with Crippen LogP contribution in [0.5, 0.6) is 5.75 Å². The normalized spacial score (nSPS) is 9.93. The summed E-state index contributed by atoms with van der Waals surface area (Å²) in [5, 5.41) is 7.51. The van der Waals surface area contributed by atoms with E-state index in [4.69, 9.17) is 16.3 Å². The average molecular weight is 476 g/mol. The molecule has 0 aliphatic heterocycles. The Morgan fingerprint density at radius 3 is 2.80 bits per heavy atom. The summed E-state index contributed by atoms with van der Waals surface area (Å²) >= 11 is 5.94. The number of alkyl halides is 1. The highest BCUT2D eigenvalue weighted by atomic mass is 35.5. The van der Waals surface area contributed by atoms with Crippen molar-refractivity contribution >= 4 is 48.0 Å². The number of amides is 1. The molecule has 6 nitrogen and oxygen atoms in total. The molecule has 0 saturated carbocycles. The lowest BCUT2D eigenvalue weighted by Gasteiger charge is -2.08. The Labute approximate surface area is 191 Å². The molecular formula is C20H22Cl3FN4O2. The van der Waals surface area contributed by atoms with Crippen LogP contribution in [0.3, 0.4) is 0 Å².